The van der Waals surface area contributed by atoms with Gasteiger partial charge in [-0.3, -0.25) is 4.79 Å². The molecule has 1 amide bonds. The van der Waals surface area contributed by atoms with E-state index in [-0.39, 0.29) is 18.3 Å². The van der Waals surface area contributed by atoms with E-state index in [1.165, 1.54) is 11.8 Å². The fraction of sp³-hybridized carbons (Fsp3) is 0.211. The minimum absolute atomic E-state index is 0.128. The zero-order valence-electron chi connectivity index (χ0n) is 15.0. The fourth-order valence-corrected chi connectivity index (χ4v) is 3.33. The Labute approximate surface area is 166 Å². The van der Waals surface area contributed by atoms with Gasteiger partial charge >= 0.3 is 0 Å². The van der Waals surface area contributed by atoms with Crippen LogP contribution >= 0.6 is 23.5 Å². The summed E-state index contributed by atoms with van der Waals surface area (Å²) in [6, 6.07) is 15.4. The SMILES string of the molecule is CSc1ccccc1NC(=O)CSc1nnc(COc2ccc(C)cc2)o1. The molecule has 1 N–H and O–H groups in total. The Hall–Kier alpha value is -2.45. The van der Waals surface area contributed by atoms with Crippen LogP contribution in [-0.2, 0) is 11.4 Å². The van der Waals surface area contributed by atoms with Crippen LogP contribution in [0.3, 0.4) is 0 Å². The Kier molecular flexibility index (Phi) is 6.78. The van der Waals surface area contributed by atoms with Crippen LogP contribution in [0.2, 0.25) is 0 Å². The number of anilines is 1. The van der Waals surface area contributed by atoms with Crippen LogP contribution in [0, 0.1) is 6.92 Å². The van der Waals surface area contributed by atoms with Crippen LogP contribution < -0.4 is 10.1 Å². The zero-order valence-corrected chi connectivity index (χ0v) is 16.6. The van der Waals surface area contributed by atoms with Gasteiger partial charge in [0.1, 0.15) is 5.75 Å². The predicted molar refractivity (Wildman–Crippen MR) is 107 cm³/mol. The second-order valence-corrected chi connectivity index (χ2v) is 7.38. The standard InChI is InChI=1S/C19H19N3O3S2/c1-13-7-9-14(10-8-13)24-11-18-21-22-19(25-18)27-12-17(23)20-15-5-3-4-6-16(15)26-2/h3-10H,11-12H2,1-2H3,(H,20,23). The van der Waals surface area contributed by atoms with Crippen LogP contribution in [0.15, 0.2) is 63.1 Å². The molecule has 0 saturated carbocycles. The first-order valence-electron chi connectivity index (χ1n) is 8.21. The third-order valence-electron chi connectivity index (χ3n) is 3.54. The summed E-state index contributed by atoms with van der Waals surface area (Å²) in [4.78, 5) is 13.2. The number of benzene rings is 2. The number of thioether (sulfide) groups is 2. The van der Waals surface area contributed by atoms with E-state index in [9.17, 15) is 4.79 Å². The summed E-state index contributed by atoms with van der Waals surface area (Å²) in [6.07, 6.45) is 1.97. The van der Waals surface area contributed by atoms with Crippen molar-refractivity contribution in [1.29, 1.82) is 0 Å². The molecular weight excluding hydrogens is 382 g/mol. The number of rotatable bonds is 8. The average Bonchev–Trinajstić information content (AvgIpc) is 3.14. The van der Waals surface area contributed by atoms with Crippen molar-refractivity contribution in [3.05, 3.63) is 60.0 Å². The minimum Gasteiger partial charge on any atom is -0.484 e. The number of nitrogens with zero attached hydrogens (tertiary/aromatic N) is 2. The smallest absolute Gasteiger partial charge is 0.277 e. The summed E-state index contributed by atoms with van der Waals surface area (Å²) >= 11 is 2.77. The average molecular weight is 402 g/mol. The van der Waals surface area contributed by atoms with Gasteiger partial charge in [-0.1, -0.05) is 41.6 Å². The van der Waals surface area contributed by atoms with Gasteiger partial charge in [0.15, 0.2) is 6.61 Å². The molecule has 0 radical (unpaired) electrons. The molecule has 3 rings (SSSR count). The van der Waals surface area contributed by atoms with Crippen molar-refractivity contribution in [3.63, 3.8) is 0 Å². The molecule has 0 aliphatic heterocycles. The Morgan fingerprint density at radius 2 is 1.93 bits per heavy atom. The number of para-hydroxylation sites is 1. The molecule has 0 spiro atoms. The van der Waals surface area contributed by atoms with Crippen molar-refractivity contribution in [3.8, 4) is 5.75 Å². The largest absolute Gasteiger partial charge is 0.484 e. The molecule has 0 fully saturated rings. The van der Waals surface area contributed by atoms with E-state index in [4.69, 9.17) is 9.15 Å². The third kappa shape index (κ3) is 5.77. The maximum absolute atomic E-state index is 12.1. The topological polar surface area (TPSA) is 77.2 Å². The van der Waals surface area contributed by atoms with Gasteiger partial charge in [0, 0.05) is 4.90 Å². The van der Waals surface area contributed by atoms with E-state index >= 15 is 0 Å². The first-order valence-corrected chi connectivity index (χ1v) is 10.4. The van der Waals surface area contributed by atoms with Crippen LogP contribution in [0.4, 0.5) is 5.69 Å². The molecule has 0 aliphatic rings. The maximum Gasteiger partial charge on any atom is 0.277 e. The molecule has 1 heterocycles. The highest BCUT2D eigenvalue weighted by atomic mass is 32.2. The quantitative estimate of drug-likeness (QED) is 0.560. The summed E-state index contributed by atoms with van der Waals surface area (Å²) in [7, 11) is 0. The highest BCUT2D eigenvalue weighted by Gasteiger charge is 2.11. The van der Waals surface area contributed by atoms with Gasteiger partial charge in [-0.15, -0.1) is 22.0 Å². The van der Waals surface area contributed by atoms with Gasteiger partial charge in [0.05, 0.1) is 11.4 Å². The Bertz CT molecular complexity index is 897. The molecule has 2 aromatic carbocycles. The highest BCUT2D eigenvalue weighted by molar-refractivity contribution is 7.99. The van der Waals surface area contributed by atoms with Crippen molar-refractivity contribution < 1.29 is 13.9 Å². The number of ether oxygens (including phenoxy) is 1. The lowest BCUT2D eigenvalue weighted by Gasteiger charge is -2.08. The second kappa shape index (κ2) is 9.48. The fourth-order valence-electron chi connectivity index (χ4n) is 2.20. The number of carbonyl (C=O) groups excluding carboxylic acids is 1. The summed E-state index contributed by atoms with van der Waals surface area (Å²) < 4.78 is 11.1. The molecule has 0 bridgehead atoms. The van der Waals surface area contributed by atoms with Crippen LogP contribution in [0.5, 0.6) is 5.75 Å². The van der Waals surface area contributed by atoms with Crippen LogP contribution in [0.1, 0.15) is 11.5 Å². The second-order valence-electron chi connectivity index (χ2n) is 5.60. The molecule has 3 aromatic rings. The minimum atomic E-state index is -0.128. The number of nitrogens with one attached hydrogen (secondary N) is 1. The van der Waals surface area contributed by atoms with Crippen molar-refractivity contribution in [2.75, 3.05) is 17.3 Å². The molecular formula is C19H19N3O3S2. The van der Waals surface area contributed by atoms with Gasteiger partial charge in [-0.05, 0) is 37.4 Å². The molecule has 0 saturated heterocycles. The van der Waals surface area contributed by atoms with Gasteiger partial charge < -0.3 is 14.5 Å². The molecule has 1 aromatic heterocycles. The highest BCUT2D eigenvalue weighted by Crippen LogP contribution is 2.25. The first kappa shape index (κ1) is 19.3. The zero-order chi connectivity index (χ0) is 19.1. The van der Waals surface area contributed by atoms with Gasteiger partial charge in [0.2, 0.25) is 5.91 Å². The van der Waals surface area contributed by atoms with E-state index < -0.39 is 0 Å². The van der Waals surface area contributed by atoms with Crippen molar-refractivity contribution >= 4 is 35.1 Å². The van der Waals surface area contributed by atoms with E-state index in [2.05, 4.69) is 15.5 Å². The Balaban J connectivity index is 1.47. The summed E-state index contributed by atoms with van der Waals surface area (Å²) in [5.41, 5.74) is 1.96. The monoisotopic (exact) mass is 401 g/mol. The summed E-state index contributed by atoms with van der Waals surface area (Å²) in [5, 5.41) is 11.1. The lowest BCUT2D eigenvalue weighted by Crippen LogP contribution is -2.14. The van der Waals surface area contributed by atoms with Crippen molar-refractivity contribution in [2.24, 2.45) is 0 Å². The Morgan fingerprint density at radius 1 is 1.15 bits per heavy atom. The van der Waals surface area contributed by atoms with Gasteiger partial charge in [-0.2, -0.15) is 0 Å². The number of carbonyl (C=O) groups is 1. The number of aromatic nitrogens is 2. The van der Waals surface area contributed by atoms with Crippen molar-refractivity contribution in [1.82, 2.24) is 10.2 Å². The van der Waals surface area contributed by atoms with E-state index in [1.807, 2.05) is 61.7 Å². The van der Waals surface area contributed by atoms with E-state index in [0.717, 1.165) is 21.9 Å². The lowest BCUT2D eigenvalue weighted by atomic mass is 10.2. The lowest BCUT2D eigenvalue weighted by molar-refractivity contribution is -0.113. The molecule has 0 atom stereocenters. The maximum atomic E-state index is 12.1. The Morgan fingerprint density at radius 3 is 2.70 bits per heavy atom. The van der Waals surface area contributed by atoms with Crippen LogP contribution in [-0.4, -0.2) is 28.1 Å². The molecule has 8 heteroatoms. The predicted octanol–water partition coefficient (Wildman–Crippen LogP) is 4.41. The normalized spacial score (nSPS) is 10.6. The van der Waals surface area contributed by atoms with Gasteiger partial charge in [-0.25, -0.2) is 0 Å². The molecule has 0 unspecified atom stereocenters. The van der Waals surface area contributed by atoms with Crippen molar-refractivity contribution in [2.45, 2.75) is 23.6 Å². The number of aryl methyl sites for hydroxylation is 1. The van der Waals surface area contributed by atoms with Crippen LogP contribution in [0.25, 0.3) is 0 Å². The molecule has 27 heavy (non-hydrogen) atoms. The molecule has 0 aliphatic carbocycles. The van der Waals surface area contributed by atoms with Gasteiger partial charge in [0.25, 0.3) is 11.1 Å². The number of hydrogen-bond donors (Lipinski definition) is 1. The molecule has 6 nitrogen and oxygen atoms in total. The third-order valence-corrected chi connectivity index (χ3v) is 5.15. The molecule has 140 valence electrons. The number of hydrogen-bond acceptors (Lipinski definition) is 7. The summed E-state index contributed by atoms with van der Waals surface area (Å²) in [5.74, 6) is 1.16. The first-order chi connectivity index (χ1) is 13.1. The van der Waals surface area contributed by atoms with E-state index in [0.29, 0.717) is 11.1 Å². The van der Waals surface area contributed by atoms with E-state index in [1.54, 1.807) is 11.8 Å². The summed E-state index contributed by atoms with van der Waals surface area (Å²) in [6.45, 7) is 2.20. The number of amides is 1.